The Hall–Kier alpha value is -0.820. The van der Waals surface area contributed by atoms with E-state index in [4.69, 9.17) is 4.74 Å². The molecule has 4 nitrogen and oxygen atoms in total. The summed E-state index contributed by atoms with van der Waals surface area (Å²) < 4.78 is 44.4. The molecule has 4 atom stereocenters. The minimum atomic E-state index is -2.26. The molecule has 1 aliphatic carbocycles. The number of ether oxygens (including phenoxy) is 1. The van der Waals surface area contributed by atoms with Gasteiger partial charge in [0.05, 0.1) is 12.7 Å². The molecule has 0 saturated heterocycles. The lowest BCUT2D eigenvalue weighted by molar-refractivity contribution is 0.00128. The minimum absolute atomic E-state index is 0.0954. The van der Waals surface area contributed by atoms with Crippen molar-refractivity contribution in [3.63, 3.8) is 0 Å². The molecule has 0 aliphatic heterocycles. The highest BCUT2D eigenvalue weighted by atomic mass is 32.2. The Balaban J connectivity index is 1.79. The van der Waals surface area contributed by atoms with Gasteiger partial charge in [-0.05, 0) is 67.6 Å². The van der Waals surface area contributed by atoms with Crippen LogP contribution in [-0.4, -0.2) is 27.5 Å². The van der Waals surface area contributed by atoms with Gasteiger partial charge in [0.2, 0.25) is 0 Å². The van der Waals surface area contributed by atoms with Crippen molar-refractivity contribution in [2.45, 2.75) is 77.4 Å². The SMILES string of the molecule is CCC(C)CC(NS(=O)[O-])C(C)COC1CCC(c2cccc(F)c2)CC1. The van der Waals surface area contributed by atoms with Crippen LogP contribution < -0.4 is 4.72 Å². The van der Waals surface area contributed by atoms with E-state index in [1.165, 1.54) is 6.07 Å². The molecule has 0 heterocycles. The van der Waals surface area contributed by atoms with Crippen LogP contribution in [0.3, 0.4) is 0 Å². The molecule has 0 spiro atoms. The van der Waals surface area contributed by atoms with Gasteiger partial charge in [-0.2, -0.15) is 0 Å². The topological polar surface area (TPSA) is 61.4 Å². The summed E-state index contributed by atoms with van der Waals surface area (Å²) in [7, 11) is 0. The van der Waals surface area contributed by atoms with E-state index in [1.54, 1.807) is 12.1 Å². The number of hydrogen-bond donors (Lipinski definition) is 1. The lowest BCUT2D eigenvalue weighted by Crippen LogP contribution is -2.40. The molecule has 1 aliphatic rings. The van der Waals surface area contributed by atoms with Gasteiger partial charge in [0.25, 0.3) is 0 Å². The normalized spacial score (nSPS) is 24.9. The zero-order chi connectivity index (χ0) is 19.8. The van der Waals surface area contributed by atoms with E-state index in [0.29, 0.717) is 18.4 Å². The van der Waals surface area contributed by atoms with Crippen molar-refractivity contribution in [2.75, 3.05) is 6.61 Å². The van der Waals surface area contributed by atoms with Gasteiger partial charge in [-0.3, -0.25) is 4.21 Å². The highest BCUT2D eigenvalue weighted by Gasteiger charge is 2.25. The maximum Gasteiger partial charge on any atom is 0.123 e. The van der Waals surface area contributed by atoms with Gasteiger partial charge in [-0.1, -0.05) is 39.3 Å². The van der Waals surface area contributed by atoms with Crippen molar-refractivity contribution in [2.24, 2.45) is 11.8 Å². The summed E-state index contributed by atoms with van der Waals surface area (Å²) in [4.78, 5) is 0. The first-order valence-electron chi connectivity index (χ1n) is 10.1. The van der Waals surface area contributed by atoms with E-state index >= 15 is 0 Å². The highest BCUT2D eigenvalue weighted by molar-refractivity contribution is 7.77. The van der Waals surface area contributed by atoms with E-state index in [0.717, 1.165) is 44.1 Å². The quantitative estimate of drug-likeness (QED) is 0.582. The first kappa shape index (κ1) is 22.5. The number of nitrogens with one attached hydrogen (secondary N) is 1. The maximum atomic E-state index is 13.4. The molecule has 1 N–H and O–H groups in total. The predicted octanol–water partition coefficient (Wildman–Crippen LogP) is 4.69. The Labute approximate surface area is 165 Å². The van der Waals surface area contributed by atoms with E-state index in [2.05, 4.69) is 18.6 Å². The fourth-order valence-corrected chi connectivity index (χ4v) is 4.42. The number of hydrogen-bond acceptors (Lipinski definition) is 3. The number of benzene rings is 1. The van der Waals surface area contributed by atoms with E-state index in [-0.39, 0.29) is 23.9 Å². The molecular weight excluding hydrogens is 365 g/mol. The van der Waals surface area contributed by atoms with Gasteiger partial charge in [-0.15, -0.1) is 0 Å². The fourth-order valence-electron chi connectivity index (χ4n) is 3.85. The molecule has 1 fully saturated rings. The van der Waals surface area contributed by atoms with E-state index in [1.807, 2.05) is 13.0 Å². The molecule has 0 radical (unpaired) electrons. The summed E-state index contributed by atoms with van der Waals surface area (Å²) >= 11 is -2.26. The average Bonchev–Trinajstić information content (AvgIpc) is 2.65. The molecule has 0 bridgehead atoms. The monoisotopic (exact) mass is 398 g/mol. The summed E-state index contributed by atoms with van der Waals surface area (Å²) in [5.41, 5.74) is 1.08. The molecule has 4 unspecified atom stereocenters. The Bertz CT molecular complexity index is 593. The van der Waals surface area contributed by atoms with Gasteiger partial charge in [0, 0.05) is 17.3 Å². The van der Waals surface area contributed by atoms with Crippen LogP contribution in [0.4, 0.5) is 4.39 Å². The van der Waals surface area contributed by atoms with Gasteiger partial charge in [0.15, 0.2) is 0 Å². The molecule has 0 aromatic heterocycles. The van der Waals surface area contributed by atoms with Gasteiger partial charge in [-0.25, -0.2) is 9.11 Å². The molecular formula is C21H33FNO3S-. The Morgan fingerprint density at radius 3 is 2.59 bits per heavy atom. The highest BCUT2D eigenvalue weighted by Crippen LogP contribution is 2.34. The van der Waals surface area contributed by atoms with Crippen LogP contribution >= 0.6 is 0 Å². The predicted molar refractivity (Wildman–Crippen MR) is 106 cm³/mol. The molecule has 1 aromatic carbocycles. The van der Waals surface area contributed by atoms with Crippen molar-refractivity contribution in [1.82, 2.24) is 4.72 Å². The van der Waals surface area contributed by atoms with Gasteiger partial charge in [0.1, 0.15) is 5.82 Å². The van der Waals surface area contributed by atoms with Crippen LogP contribution in [0.2, 0.25) is 0 Å². The van der Waals surface area contributed by atoms with Crippen LogP contribution in [0.1, 0.15) is 70.8 Å². The standard InChI is InChI=1S/C21H34FNO3S/c1-4-15(2)12-21(23-27(24)25)16(3)14-26-20-10-8-17(9-11-20)18-6-5-7-19(22)13-18/h5-7,13,15-17,20-21,23H,4,8-12,14H2,1-3H3,(H,24,25)/p-1. The van der Waals surface area contributed by atoms with E-state index in [9.17, 15) is 13.2 Å². The van der Waals surface area contributed by atoms with Crippen LogP contribution in [0.5, 0.6) is 0 Å². The van der Waals surface area contributed by atoms with Gasteiger partial charge >= 0.3 is 0 Å². The first-order valence-corrected chi connectivity index (χ1v) is 11.2. The first-order chi connectivity index (χ1) is 12.9. The maximum absolute atomic E-state index is 13.4. The summed E-state index contributed by atoms with van der Waals surface area (Å²) in [5.74, 6) is 0.823. The Morgan fingerprint density at radius 2 is 2.00 bits per heavy atom. The van der Waals surface area contributed by atoms with Crippen LogP contribution in [0.25, 0.3) is 0 Å². The molecule has 1 saturated carbocycles. The second-order valence-electron chi connectivity index (χ2n) is 8.05. The Morgan fingerprint density at radius 1 is 1.30 bits per heavy atom. The second kappa shape index (κ2) is 11.2. The smallest absolute Gasteiger partial charge is 0.123 e. The summed E-state index contributed by atoms with van der Waals surface area (Å²) in [5, 5.41) is 0. The third-order valence-electron chi connectivity index (χ3n) is 5.88. The molecule has 27 heavy (non-hydrogen) atoms. The molecule has 1 aromatic rings. The zero-order valence-corrected chi connectivity index (χ0v) is 17.5. The minimum Gasteiger partial charge on any atom is -0.760 e. The molecule has 2 rings (SSSR count). The molecule has 6 heteroatoms. The van der Waals surface area contributed by atoms with E-state index < -0.39 is 11.3 Å². The number of halogens is 1. The largest absolute Gasteiger partial charge is 0.760 e. The third-order valence-corrected chi connectivity index (χ3v) is 6.37. The number of rotatable bonds is 10. The zero-order valence-electron chi connectivity index (χ0n) is 16.7. The molecule has 0 amide bonds. The lowest BCUT2D eigenvalue weighted by Gasteiger charge is -2.32. The summed E-state index contributed by atoms with van der Waals surface area (Å²) in [6, 6.07) is 6.81. The summed E-state index contributed by atoms with van der Waals surface area (Å²) in [6.07, 6.45) is 5.99. The van der Waals surface area contributed by atoms with Crippen molar-refractivity contribution in [1.29, 1.82) is 0 Å². The average molecular weight is 399 g/mol. The molecule has 154 valence electrons. The van der Waals surface area contributed by atoms with Crippen LogP contribution in [0, 0.1) is 17.7 Å². The second-order valence-corrected chi connectivity index (χ2v) is 8.75. The third kappa shape index (κ3) is 7.60. The van der Waals surface area contributed by atoms with Crippen molar-refractivity contribution in [3.05, 3.63) is 35.6 Å². The van der Waals surface area contributed by atoms with Crippen molar-refractivity contribution >= 4 is 11.3 Å². The fraction of sp³-hybridized carbons (Fsp3) is 0.714. The van der Waals surface area contributed by atoms with Crippen LogP contribution in [-0.2, 0) is 16.0 Å². The lowest BCUT2D eigenvalue weighted by atomic mass is 9.82. The van der Waals surface area contributed by atoms with Crippen LogP contribution in [0.15, 0.2) is 24.3 Å². The van der Waals surface area contributed by atoms with Gasteiger partial charge < -0.3 is 9.29 Å². The van der Waals surface area contributed by atoms with Crippen molar-refractivity contribution < 1.29 is 17.9 Å². The van der Waals surface area contributed by atoms with Crippen molar-refractivity contribution in [3.8, 4) is 0 Å². The Kier molecular flexibility index (Phi) is 9.36. The summed E-state index contributed by atoms with van der Waals surface area (Å²) in [6.45, 7) is 6.86.